The number of aliphatic hydroxyl groups excluding tert-OH is 2. The van der Waals surface area contributed by atoms with Gasteiger partial charge in [-0.15, -0.1) is 0 Å². The summed E-state index contributed by atoms with van der Waals surface area (Å²) in [6, 6.07) is 12.2. The van der Waals surface area contributed by atoms with Crippen molar-refractivity contribution >= 4 is 35.6 Å². The van der Waals surface area contributed by atoms with Gasteiger partial charge in [-0.25, -0.2) is 4.79 Å². The maximum Gasteiger partial charge on any atom is 0.407 e. The quantitative estimate of drug-likeness (QED) is 0.0670. The minimum absolute atomic E-state index is 0.0277. The molecular weight excluding hydrogens is 728 g/mol. The molecule has 17 heteroatoms. The lowest BCUT2D eigenvalue weighted by molar-refractivity contribution is -0.133. The van der Waals surface area contributed by atoms with E-state index in [-0.39, 0.29) is 45.1 Å². The van der Waals surface area contributed by atoms with Crippen molar-refractivity contribution in [3.05, 3.63) is 59.7 Å². The Balaban J connectivity index is 1.41. The van der Waals surface area contributed by atoms with Crippen LogP contribution in [-0.4, -0.2) is 115 Å². The lowest BCUT2D eigenvalue weighted by atomic mass is 9.98. The summed E-state index contributed by atoms with van der Waals surface area (Å²) in [5.41, 5.74) is 9.22. The first-order valence-electron chi connectivity index (χ1n) is 18.9. The molecule has 7 atom stereocenters. The van der Waals surface area contributed by atoms with E-state index in [0.29, 0.717) is 6.61 Å². The molecule has 6 amide bonds. The van der Waals surface area contributed by atoms with Crippen LogP contribution in [0.4, 0.5) is 4.79 Å². The van der Waals surface area contributed by atoms with Crippen molar-refractivity contribution in [3.8, 4) is 11.1 Å². The molecule has 1 saturated heterocycles. The normalized spacial score (nSPS) is 20.2. The Morgan fingerprint density at radius 2 is 1.45 bits per heavy atom. The van der Waals surface area contributed by atoms with Gasteiger partial charge in [0.25, 0.3) is 0 Å². The van der Waals surface area contributed by atoms with Crippen LogP contribution in [0.25, 0.3) is 11.1 Å². The monoisotopic (exact) mass is 782 g/mol. The lowest BCUT2D eigenvalue weighted by Crippen LogP contribution is -2.58. The Morgan fingerprint density at radius 1 is 0.821 bits per heavy atom. The van der Waals surface area contributed by atoms with Gasteiger partial charge in [0.05, 0.1) is 12.5 Å². The third kappa shape index (κ3) is 11.7. The van der Waals surface area contributed by atoms with Crippen molar-refractivity contribution in [1.82, 2.24) is 26.6 Å². The standard InChI is InChI=1S/C39H54N6O11/c1-5-16-54-20-42-36(50)22(4)43-38(52)33(21(2)3)45-37(51)28(14-15-32(47)41-18-30-35(49)34(48)29(56-30)17-31(40)46)44-39(53)55-19-27-25-12-8-6-10-23(25)24-11-7-9-13-26(24)27/h6-13,21-22,27-30,33-35,48-49H,5,14-20H2,1-4H3,(H2,40,46)(H,41,47)(H,42,50)(H,43,52)(H,44,53)(H,45,51)/t22-,28-,29-,30+,33-,34-,35+/m0/s1. The Labute approximate surface area is 325 Å². The summed E-state index contributed by atoms with van der Waals surface area (Å²) >= 11 is 0. The van der Waals surface area contributed by atoms with Gasteiger partial charge >= 0.3 is 6.09 Å². The van der Waals surface area contributed by atoms with Crippen molar-refractivity contribution in [3.63, 3.8) is 0 Å². The number of carbonyl (C=O) groups is 6. The number of fused-ring (bicyclic) bond motifs is 3. The zero-order chi connectivity index (χ0) is 40.9. The molecule has 1 heterocycles. The number of carbonyl (C=O) groups excluding carboxylic acids is 6. The summed E-state index contributed by atoms with van der Waals surface area (Å²) < 4.78 is 16.4. The Kier molecular flexibility index (Phi) is 16.1. The minimum Gasteiger partial charge on any atom is -0.449 e. The highest BCUT2D eigenvalue weighted by Gasteiger charge is 2.43. The van der Waals surface area contributed by atoms with Gasteiger partial charge in [-0.3, -0.25) is 24.0 Å². The molecule has 2 aliphatic rings. The second-order valence-electron chi connectivity index (χ2n) is 14.3. The highest BCUT2D eigenvalue weighted by Crippen LogP contribution is 2.44. The van der Waals surface area contributed by atoms with Crippen LogP contribution >= 0.6 is 0 Å². The maximum atomic E-state index is 13.8. The smallest absolute Gasteiger partial charge is 0.407 e. The van der Waals surface area contributed by atoms with Gasteiger partial charge in [0.1, 0.15) is 49.8 Å². The lowest BCUT2D eigenvalue weighted by Gasteiger charge is -2.26. The highest BCUT2D eigenvalue weighted by molar-refractivity contribution is 5.94. The molecule has 0 saturated carbocycles. The minimum atomic E-state index is -1.39. The van der Waals surface area contributed by atoms with Crippen molar-refractivity contribution in [2.75, 3.05) is 26.5 Å². The summed E-state index contributed by atoms with van der Waals surface area (Å²) in [6.07, 6.45) is -5.86. The van der Waals surface area contributed by atoms with E-state index in [1.165, 1.54) is 6.92 Å². The van der Waals surface area contributed by atoms with Crippen LogP contribution in [0.5, 0.6) is 0 Å². The number of aliphatic hydroxyl groups is 2. The van der Waals surface area contributed by atoms with Gasteiger partial charge < -0.3 is 56.7 Å². The van der Waals surface area contributed by atoms with Crippen LogP contribution in [-0.2, 0) is 38.2 Å². The average Bonchev–Trinajstić information content (AvgIpc) is 3.63. The summed E-state index contributed by atoms with van der Waals surface area (Å²) in [5, 5.41) is 33.5. The molecule has 1 aliphatic carbocycles. The summed E-state index contributed by atoms with van der Waals surface area (Å²) in [5.74, 6) is -3.94. The molecule has 0 spiro atoms. The Bertz CT molecular complexity index is 1660. The fourth-order valence-corrected chi connectivity index (χ4v) is 6.64. The third-order valence-electron chi connectivity index (χ3n) is 9.67. The fourth-order valence-electron chi connectivity index (χ4n) is 6.64. The molecule has 1 aliphatic heterocycles. The van der Waals surface area contributed by atoms with Crippen LogP contribution in [0.15, 0.2) is 48.5 Å². The van der Waals surface area contributed by atoms with Crippen LogP contribution < -0.4 is 32.3 Å². The third-order valence-corrected chi connectivity index (χ3v) is 9.67. The summed E-state index contributed by atoms with van der Waals surface area (Å²) in [4.78, 5) is 77.2. The number of nitrogens with one attached hydrogen (secondary N) is 5. The SMILES string of the molecule is CCCOCNC(=O)[C@H](C)NC(=O)[C@@H](NC(=O)[C@H](CCC(=O)NC[C@H]1O[C@@H](CC(N)=O)[C@H](O)[C@@H]1O)NC(=O)OCC1c2ccccc2-c2ccccc21)C(C)C. The zero-order valence-electron chi connectivity index (χ0n) is 32.1. The molecule has 0 aromatic heterocycles. The van der Waals surface area contributed by atoms with E-state index < -0.39 is 84.1 Å². The predicted octanol–water partition coefficient (Wildman–Crippen LogP) is 0.301. The Hall–Kier alpha value is -5.10. The van der Waals surface area contributed by atoms with E-state index in [9.17, 15) is 39.0 Å². The van der Waals surface area contributed by atoms with E-state index in [2.05, 4.69) is 26.6 Å². The zero-order valence-corrected chi connectivity index (χ0v) is 32.1. The second-order valence-corrected chi connectivity index (χ2v) is 14.3. The van der Waals surface area contributed by atoms with E-state index in [1.54, 1.807) is 13.8 Å². The van der Waals surface area contributed by atoms with Crippen LogP contribution in [0.1, 0.15) is 70.4 Å². The number of rotatable bonds is 20. The number of hydrogen-bond acceptors (Lipinski definition) is 11. The molecule has 0 unspecified atom stereocenters. The topological polar surface area (TPSA) is 257 Å². The molecule has 1 fully saturated rings. The average molecular weight is 783 g/mol. The number of alkyl carbamates (subject to hydrolysis) is 1. The highest BCUT2D eigenvalue weighted by atomic mass is 16.6. The van der Waals surface area contributed by atoms with Crippen LogP contribution in [0.2, 0.25) is 0 Å². The largest absolute Gasteiger partial charge is 0.449 e. The van der Waals surface area contributed by atoms with E-state index >= 15 is 0 Å². The van der Waals surface area contributed by atoms with E-state index in [4.69, 9.17) is 19.9 Å². The van der Waals surface area contributed by atoms with Gasteiger partial charge in [0.2, 0.25) is 29.5 Å². The van der Waals surface area contributed by atoms with Crippen molar-refractivity contribution in [2.45, 2.75) is 102 Å². The molecule has 9 N–H and O–H groups in total. The van der Waals surface area contributed by atoms with Gasteiger partial charge in [-0.05, 0) is 47.9 Å². The van der Waals surface area contributed by atoms with E-state index in [1.807, 2.05) is 55.5 Å². The molecule has 2 aromatic rings. The molecule has 2 aromatic carbocycles. The number of primary amides is 1. The van der Waals surface area contributed by atoms with Crippen molar-refractivity contribution < 1.29 is 53.2 Å². The van der Waals surface area contributed by atoms with Gasteiger partial charge in [-0.2, -0.15) is 0 Å². The number of amides is 6. The number of benzene rings is 2. The van der Waals surface area contributed by atoms with Gasteiger partial charge in [0.15, 0.2) is 0 Å². The first kappa shape index (κ1) is 43.6. The van der Waals surface area contributed by atoms with Gasteiger partial charge in [-0.1, -0.05) is 69.3 Å². The predicted molar refractivity (Wildman–Crippen MR) is 202 cm³/mol. The molecule has 56 heavy (non-hydrogen) atoms. The van der Waals surface area contributed by atoms with E-state index in [0.717, 1.165) is 28.7 Å². The second kappa shape index (κ2) is 20.7. The first-order valence-corrected chi connectivity index (χ1v) is 18.9. The summed E-state index contributed by atoms with van der Waals surface area (Å²) in [7, 11) is 0. The Morgan fingerprint density at radius 3 is 2.05 bits per heavy atom. The van der Waals surface area contributed by atoms with Crippen LogP contribution in [0.3, 0.4) is 0 Å². The fraction of sp³-hybridized carbons (Fsp3) is 0.538. The molecular formula is C39H54N6O11. The molecule has 17 nitrogen and oxygen atoms in total. The van der Waals surface area contributed by atoms with Crippen LogP contribution in [0, 0.1) is 5.92 Å². The molecule has 306 valence electrons. The van der Waals surface area contributed by atoms with Crippen molar-refractivity contribution in [2.24, 2.45) is 11.7 Å². The molecule has 4 rings (SSSR count). The van der Waals surface area contributed by atoms with Gasteiger partial charge in [0, 0.05) is 25.5 Å². The maximum absolute atomic E-state index is 13.8. The van der Waals surface area contributed by atoms with Crippen molar-refractivity contribution in [1.29, 1.82) is 0 Å². The summed E-state index contributed by atoms with van der Waals surface area (Å²) in [6.45, 7) is 6.96. The molecule has 0 bridgehead atoms. The number of ether oxygens (including phenoxy) is 3. The first-order chi connectivity index (χ1) is 26.7. The number of hydrogen-bond donors (Lipinski definition) is 8. The number of nitrogens with two attached hydrogens (primary N) is 1. The molecule has 0 radical (unpaired) electrons.